The van der Waals surface area contributed by atoms with E-state index < -0.39 is 0 Å². The lowest BCUT2D eigenvalue weighted by molar-refractivity contribution is 0.462. The van der Waals surface area contributed by atoms with E-state index >= 15 is 0 Å². The van der Waals surface area contributed by atoms with Gasteiger partial charge in [-0.2, -0.15) is 0 Å². The Morgan fingerprint density at radius 3 is 3.16 bits per heavy atom. The number of rotatable bonds is 4. The van der Waals surface area contributed by atoms with Gasteiger partial charge in [-0.3, -0.25) is 0 Å². The van der Waals surface area contributed by atoms with Crippen molar-refractivity contribution in [3.05, 3.63) is 36.4 Å². The quantitative estimate of drug-likeness (QED) is 0.858. The lowest BCUT2D eigenvalue weighted by Crippen LogP contribution is -2.23. The third kappa shape index (κ3) is 3.10. The zero-order valence-electron chi connectivity index (χ0n) is 10.9. The monoisotopic (exact) mass is 356 g/mol. The van der Waals surface area contributed by atoms with Crippen LogP contribution >= 0.6 is 38.6 Å². The predicted octanol–water partition coefficient (Wildman–Crippen LogP) is 4.70. The maximum atomic E-state index is 4.48. The van der Waals surface area contributed by atoms with Gasteiger partial charge in [-0.15, -0.1) is 22.7 Å². The van der Waals surface area contributed by atoms with E-state index in [0.717, 1.165) is 13.0 Å². The van der Waals surface area contributed by atoms with Gasteiger partial charge >= 0.3 is 0 Å². The molecule has 0 amide bonds. The van der Waals surface area contributed by atoms with Crippen molar-refractivity contribution in [2.24, 2.45) is 0 Å². The summed E-state index contributed by atoms with van der Waals surface area (Å²) in [5.74, 6) is 0. The van der Waals surface area contributed by atoms with Crippen molar-refractivity contribution in [3.8, 4) is 0 Å². The van der Waals surface area contributed by atoms with Gasteiger partial charge in [-0.1, -0.05) is 6.92 Å². The van der Waals surface area contributed by atoms with Gasteiger partial charge in [0.1, 0.15) is 5.01 Å². The van der Waals surface area contributed by atoms with Gasteiger partial charge in [-0.05, 0) is 53.2 Å². The molecule has 0 radical (unpaired) electrons. The molecule has 2 aromatic rings. The Hall–Kier alpha value is -0.230. The molecule has 102 valence electrons. The van der Waals surface area contributed by atoms with Crippen LogP contribution in [0.25, 0.3) is 0 Å². The summed E-state index contributed by atoms with van der Waals surface area (Å²) in [6.45, 7) is 3.07. The van der Waals surface area contributed by atoms with Crippen LogP contribution in [-0.2, 0) is 19.4 Å². The highest BCUT2D eigenvalue weighted by molar-refractivity contribution is 9.11. The van der Waals surface area contributed by atoms with E-state index in [1.807, 2.05) is 28.9 Å². The summed E-state index contributed by atoms with van der Waals surface area (Å²) in [7, 11) is 0. The molecule has 0 fully saturated rings. The minimum absolute atomic E-state index is 0.500. The average molecular weight is 357 g/mol. The van der Waals surface area contributed by atoms with Crippen LogP contribution in [0.2, 0.25) is 0 Å². The van der Waals surface area contributed by atoms with Crippen molar-refractivity contribution in [2.45, 2.75) is 45.2 Å². The summed E-state index contributed by atoms with van der Waals surface area (Å²) >= 11 is 7.32. The molecule has 1 atom stereocenters. The number of hydrogen-bond donors (Lipinski definition) is 1. The molecular formula is C14H17BrN2S2. The third-order valence-electron chi connectivity index (χ3n) is 3.53. The summed E-state index contributed by atoms with van der Waals surface area (Å²) in [5, 5.41) is 4.89. The molecule has 2 aromatic heterocycles. The normalized spacial score (nSPS) is 18.5. The fourth-order valence-electron chi connectivity index (χ4n) is 2.54. The number of halogens is 1. The first-order valence-electron chi connectivity index (χ1n) is 6.71. The van der Waals surface area contributed by atoms with Gasteiger partial charge in [0.25, 0.3) is 0 Å². The van der Waals surface area contributed by atoms with E-state index in [-0.39, 0.29) is 0 Å². The Morgan fingerprint density at radius 1 is 1.47 bits per heavy atom. The number of aryl methyl sites for hydroxylation is 2. The molecule has 1 aliphatic rings. The highest BCUT2D eigenvalue weighted by atomic mass is 79.9. The number of nitrogens with one attached hydrogen (secondary N) is 1. The molecule has 0 saturated carbocycles. The van der Waals surface area contributed by atoms with Crippen LogP contribution in [0, 0.1) is 0 Å². The Morgan fingerprint density at radius 2 is 2.37 bits per heavy atom. The lowest BCUT2D eigenvalue weighted by atomic mass is 9.94. The van der Waals surface area contributed by atoms with Crippen molar-refractivity contribution >= 4 is 38.6 Å². The molecule has 1 aliphatic carbocycles. The minimum Gasteiger partial charge on any atom is -0.304 e. The molecule has 19 heavy (non-hydrogen) atoms. The smallest absolute Gasteiger partial charge is 0.107 e. The third-order valence-corrected chi connectivity index (χ3v) is 6.39. The molecule has 5 heteroatoms. The van der Waals surface area contributed by atoms with E-state index in [2.05, 4.69) is 39.2 Å². The molecule has 1 N–H and O–H groups in total. The lowest BCUT2D eigenvalue weighted by Gasteiger charge is -2.23. The topological polar surface area (TPSA) is 24.9 Å². The van der Waals surface area contributed by atoms with E-state index in [9.17, 15) is 0 Å². The molecule has 2 heterocycles. The first kappa shape index (κ1) is 13.7. The minimum atomic E-state index is 0.500. The summed E-state index contributed by atoms with van der Waals surface area (Å²) in [4.78, 5) is 7.40. The maximum Gasteiger partial charge on any atom is 0.107 e. The van der Waals surface area contributed by atoms with E-state index in [4.69, 9.17) is 0 Å². The Balaban J connectivity index is 1.67. The molecule has 0 bridgehead atoms. The second-order valence-electron chi connectivity index (χ2n) is 4.83. The summed E-state index contributed by atoms with van der Waals surface area (Å²) < 4.78 is 1.26. The first-order chi connectivity index (χ1) is 9.26. The molecular weight excluding hydrogens is 340 g/mol. The number of fused-ring (bicyclic) bond motifs is 1. The molecule has 1 unspecified atom stereocenters. The standard InChI is InChI=1S/C14H17BrN2S2/c1-2-9-7-17-14(18-9)8-16-11-4-3-5-12-10(11)6-13(15)19-12/h6-7,11,16H,2-5,8H2,1H3. The Bertz CT molecular complexity index is 562. The van der Waals surface area contributed by atoms with Crippen LogP contribution in [0.1, 0.15) is 46.1 Å². The Labute approximate surface area is 130 Å². The SMILES string of the molecule is CCc1cnc(CNC2CCCc3sc(Br)cc32)s1. The van der Waals surface area contributed by atoms with Crippen LogP contribution in [0.4, 0.5) is 0 Å². The summed E-state index contributed by atoms with van der Waals surface area (Å²) in [6, 6.07) is 2.79. The summed E-state index contributed by atoms with van der Waals surface area (Å²) in [5.41, 5.74) is 1.50. The zero-order chi connectivity index (χ0) is 13.2. The largest absolute Gasteiger partial charge is 0.304 e. The fourth-order valence-corrected chi connectivity index (χ4v) is 5.17. The van der Waals surface area contributed by atoms with E-state index in [1.165, 1.54) is 38.5 Å². The van der Waals surface area contributed by atoms with Crippen molar-refractivity contribution in [2.75, 3.05) is 0 Å². The van der Waals surface area contributed by atoms with Gasteiger partial charge in [0.15, 0.2) is 0 Å². The van der Waals surface area contributed by atoms with Gasteiger partial charge in [-0.25, -0.2) is 4.98 Å². The number of aromatic nitrogens is 1. The van der Waals surface area contributed by atoms with Crippen molar-refractivity contribution in [3.63, 3.8) is 0 Å². The predicted molar refractivity (Wildman–Crippen MR) is 86.0 cm³/mol. The number of thiazole rings is 1. The van der Waals surface area contributed by atoms with Gasteiger partial charge in [0.2, 0.25) is 0 Å². The van der Waals surface area contributed by atoms with Gasteiger partial charge < -0.3 is 5.32 Å². The van der Waals surface area contributed by atoms with Crippen LogP contribution in [0.15, 0.2) is 16.0 Å². The number of thiophene rings is 1. The molecule has 0 saturated heterocycles. The summed E-state index contributed by atoms with van der Waals surface area (Å²) in [6.07, 6.45) is 6.86. The Kier molecular flexibility index (Phi) is 4.37. The van der Waals surface area contributed by atoms with Gasteiger partial charge in [0, 0.05) is 28.5 Å². The fraction of sp³-hybridized carbons (Fsp3) is 0.500. The van der Waals surface area contributed by atoms with E-state index in [0.29, 0.717) is 6.04 Å². The van der Waals surface area contributed by atoms with Gasteiger partial charge in [0.05, 0.1) is 3.79 Å². The highest BCUT2D eigenvalue weighted by Crippen LogP contribution is 2.38. The highest BCUT2D eigenvalue weighted by Gasteiger charge is 2.22. The number of hydrogen-bond acceptors (Lipinski definition) is 4. The molecule has 0 spiro atoms. The van der Waals surface area contributed by atoms with Crippen molar-refractivity contribution in [1.82, 2.24) is 10.3 Å². The zero-order valence-corrected chi connectivity index (χ0v) is 14.1. The number of nitrogens with zero attached hydrogens (tertiary/aromatic N) is 1. The van der Waals surface area contributed by atoms with Crippen LogP contribution in [0.3, 0.4) is 0 Å². The molecule has 0 aromatic carbocycles. The molecule has 3 rings (SSSR count). The van der Waals surface area contributed by atoms with Crippen LogP contribution in [0.5, 0.6) is 0 Å². The average Bonchev–Trinajstić information content (AvgIpc) is 3.01. The second kappa shape index (κ2) is 6.04. The van der Waals surface area contributed by atoms with E-state index in [1.54, 1.807) is 4.88 Å². The first-order valence-corrected chi connectivity index (χ1v) is 9.14. The van der Waals surface area contributed by atoms with Crippen molar-refractivity contribution in [1.29, 1.82) is 0 Å². The maximum absolute atomic E-state index is 4.48. The van der Waals surface area contributed by atoms with Crippen LogP contribution < -0.4 is 5.32 Å². The molecule has 2 nitrogen and oxygen atoms in total. The molecule has 0 aliphatic heterocycles. The second-order valence-corrected chi connectivity index (χ2v) is 8.54. The van der Waals surface area contributed by atoms with Crippen LogP contribution in [-0.4, -0.2) is 4.98 Å². The van der Waals surface area contributed by atoms with Crippen molar-refractivity contribution < 1.29 is 0 Å².